The molecular formula is C14H17N5O2S. The summed E-state index contributed by atoms with van der Waals surface area (Å²) < 4.78 is 5.35. The molecule has 8 heteroatoms. The van der Waals surface area contributed by atoms with Crippen LogP contribution in [-0.4, -0.2) is 32.7 Å². The fourth-order valence-corrected chi connectivity index (χ4v) is 2.34. The van der Waals surface area contributed by atoms with E-state index in [0.717, 1.165) is 5.75 Å². The summed E-state index contributed by atoms with van der Waals surface area (Å²) in [4.78, 5) is 23.8. The Morgan fingerprint density at radius 1 is 1.36 bits per heavy atom. The molecule has 116 valence electrons. The number of nitrogens with one attached hydrogen (secondary N) is 1. The van der Waals surface area contributed by atoms with E-state index in [0.29, 0.717) is 17.5 Å². The smallest absolute Gasteiger partial charge is 0.237 e. The summed E-state index contributed by atoms with van der Waals surface area (Å²) >= 11 is 1.22. The van der Waals surface area contributed by atoms with E-state index in [1.807, 2.05) is 19.1 Å². The van der Waals surface area contributed by atoms with Crippen molar-refractivity contribution in [3.63, 3.8) is 0 Å². The van der Waals surface area contributed by atoms with Crippen LogP contribution in [0, 0.1) is 0 Å². The van der Waals surface area contributed by atoms with Crippen molar-refractivity contribution >= 4 is 29.3 Å². The number of hydrogen-bond donors (Lipinski definition) is 2. The number of aromatic nitrogens is 3. The molecule has 0 bridgehead atoms. The Labute approximate surface area is 132 Å². The molecule has 3 N–H and O–H groups in total. The van der Waals surface area contributed by atoms with E-state index in [2.05, 4.69) is 20.3 Å². The first kappa shape index (κ1) is 16.0. The van der Waals surface area contributed by atoms with Crippen LogP contribution < -0.4 is 15.8 Å². The van der Waals surface area contributed by atoms with Crippen molar-refractivity contribution in [2.24, 2.45) is 0 Å². The van der Waals surface area contributed by atoms with Gasteiger partial charge in [-0.3, -0.25) is 4.79 Å². The number of nitrogens with two attached hydrogens (primary N) is 1. The molecule has 0 spiro atoms. The van der Waals surface area contributed by atoms with Crippen LogP contribution in [0.4, 0.5) is 11.6 Å². The summed E-state index contributed by atoms with van der Waals surface area (Å²) in [6.07, 6.45) is 1.32. The van der Waals surface area contributed by atoms with Gasteiger partial charge in [0.15, 0.2) is 5.16 Å². The Bertz CT molecular complexity index is 635. The minimum absolute atomic E-state index is 0.136. The predicted molar refractivity (Wildman–Crippen MR) is 85.8 cm³/mol. The molecule has 2 aromatic rings. The van der Waals surface area contributed by atoms with Crippen LogP contribution in [0.5, 0.6) is 5.75 Å². The van der Waals surface area contributed by atoms with E-state index in [1.54, 1.807) is 19.1 Å². The molecule has 1 atom stereocenters. The van der Waals surface area contributed by atoms with Gasteiger partial charge in [0.1, 0.15) is 12.1 Å². The number of thioether (sulfide) groups is 1. The third-order valence-corrected chi connectivity index (χ3v) is 3.63. The molecule has 0 saturated carbocycles. The maximum absolute atomic E-state index is 12.1. The number of nitrogen functional groups attached to an aromatic ring is 1. The van der Waals surface area contributed by atoms with Gasteiger partial charge in [0.2, 0.25) is 11.9 Å². The van der Waals surface area contributed by atoms with Crippen molar-refractivity contribution in [3.05, 3.63) is 30.6 Å². The van der Waals surface area contributed by atoms with E-state index in [-0.39, 0.29) is 17.1 Å². The molecule has 0 fully saturated rings. The number of amides is 1. The molecule has 1 heterocycles. The maximum atomic E-state index is 12.1. The van der Waals surface area contributed by atoms with Crippen molar-refractivity contribution < 1.29 is 9.53 Å². The minimum Gasteiger partial charge on any atom is -0.494 e. The number of ether oxygens (including phenoxy) is 1. The third-order valence-electron chi connectivity index (χ3n) is 2.65. The fourth-order valence-electron chi connectivity index (χ4n) is 1.61. The van der Waals surface area contributed by atoms with E-state index in [4.69, 9.17) is 10.5 Å². The highest BCUT2D eigenvalue weighted by Crippen LogP contribution is 2.21. The summed E-state index contributed by atoms with van der Waals surface area (Å²) in [5.74, 6) is 0.758. The first-order chi connectivity index (χ1) is 10.6. The Morgan fingerprint density at radius 2 is 2.09 bits per heavy atom. The van der Waals surface area contributed by atoms with E-state index >= 15 is 0 Å². The number of carbonyl (C=O) groups excluding carboxylic acids is 1. The highest BCUT2D eigenvalue weighted by Gasteiger charge is 2.16. The van der Waals surface area contributed by atoms with Crippen LogP contribution >= 0.6 is 11.8 Å². The number of hydrogen-bond acceptors (Lipinski definition) is 7. The molecule has 0 saturated heterocycles. The van der Waals surface area contributed by atoms with Gasteiger partial charge in [0.05, 0.1) is 11.9 Å². The molecule has 0 aliphatic rings. The van der Waals surface area contributed by atoms with E-state index in [9.17, 15) is 4.79 Å². The zero-order valence-electron chi connectivity index (χ0n) is 12.3. The van der Waals surface area contributed by atoms with Crippen molar-refractivity contribution in [1.29, 1.82) is 0 Å². The Hall–Kier alpha value is -2.35. The van der Waals surface area contributed by atoms with Gasteiger partial charge in [-0.1, -0.05) is 11.8 Å². The molecule has 0 aliphatic heterocycles. The molecule has 7 nitrogen and oxygen atoms in total. The highest BCUT2D eigenvalue weighted by molar-refractivity contribution is 8.00. The van der Waals surface area contributed by atoms with Gasteiger partial charge in [0.25, 0.3) is 0 Å². The second kappa shape index (κ2) is 7.60. The van der Waals surface area contributed by atoms with Gasteiger partial charge in [-0.05, 0) is 38.1 Å². The van der Waals surface area contributed by atoms with Crippen LogP contribution in [0.25, 0.3) is 0 Å². The van der Waals surface area contributed by atoms with Crippen molar-refractivity contribution in [3.8, 4) is 5.75 Å². The number of anilines is 2. The largest absolute Gasteiger partial charge is 0.494 e. The van der Waals surface area contributed by atoms with E-state index < -0.39 is 0 Å². The predicted octanol–water partition coefficient (Wildman–Crippen LogP) is 1.97. The molecule has 0 radical (unpaired) electrons. The van der Waals surface area contributed by atoms with Gasteiger partial charge in [0, 0.05) is 5.69 Å². The lowest BCUT2D eigenvalue weighted by molar-refractivity contribution is -0.115. The van der Waals surface area contributed by atoms with Gasteiger partial charge in [-0.2, -0.15) is 4.98 Å². The molecule has 22 heavy (non-hydrogen) atoms. The van der Waals surface area contributed by atoms with Crippen LogP contribution in [0.2, 0.25) is 0 Å². The lowest BCUT2D eigenvalue weighted by Crippen LogP contribution is -2.22. The summed E-state index contributed by atoms with van der Waals surface area (Å²) in [7, 11) is 0. The van der Waals surface area contributed by atoms with Crippen molar-refractivity contribution in [1.82, 2.24) is 15.0 Å². The molecule has 1 amide bonds. The summed E-state index contributed by atoms with van der Waals surface area (Å²) in [5.41, 5.74) is 6.19. The van der Waals surface area contributed by atoms with Crippen molar-refractivity contribution in [2.45, 2.75) is 24.3 Å². The molecular weight excluding hydrogens is 302 g/mol. The van der Waals surface area contributed by atoms with Crippen LogP contribution in [-0.2, 0) is 4.79 Å². The normalized spacial score (nSPS) is 11.7. The van der Waals surface area contributed by atoms with Crippen LogP contribution in [0.15, 0.2) is 35.7 Å². The Kier molecular flexibility index (Phi) is 5.54. The minimum atomic E-state index is -0.367. The highest BCUT2D eigenvalue weighted by atomic mass is 32.2. The molecule has 1 aromatic carbocycles. The monoisotopic (exact) mass is 319 g/mol. The molecule has 1 unspecified atom stereocenters. The van der Waals surface area contributed by atoms with Gasteiger partial charge < -0.3 is 15.8 Å². The second-order valence-corrected chi connectivity index (χ2v) is 5.64. The number of carbonyl (C=O) groups is 1. The summed E-state index contributed by atoms with van der Waals surface area (Å²) in [5, 5.41) is 2.88. The number of rotatable bonds is 6. The summed E-state index contributed by atoms with van der Waals surface area (Å²) in [6.45, 7) is 4.30. The topological polar surface area (TPSA) is 103 Å². The molecule has 1 aromatic heterocycles. The lowest BCUT2D eigenvalue weighted by Gasteiger charge is -2.11. The van der Waals surface area contributed by atoms with Crippen molar-refractivity contribution in [2.75, 3.05) is 17.7 Å². The first-order valence-corrected chi connectivity index (χ1v) is 7.61. The molecule has 2 rings (SSSR count). The standard InChI is InChI=1S/C14H17N5O2S/c1-3-21-11-6-4-10(5-7-11)18-12(20)9(2)22-14-17-8-16-13(15)19-14/h4-9H,3H2,1-2H3,(H,18,20)(H2,15,16,17,19). The van der Waals surface area contributed by atoms with Crippen LogP contribution in [0.1, 0.15) is 13.8 Å². The van der Waals surface area contributed by atoms with Gasteiger partial charge in [-0.25, -0.2) is 9.97 Å². The molecule has 0 aliphatic carbocycles. The summed E-state index contributed by atoms with van der Waals surface area (Å²) in [6, 6.07) is 7.20. The Morgan fingerprint density at radius 3 is 2.73 bits per heavy atom. The SMILES string of the molecule is CCOc1ccc(NC(=O)C(C)Sc2ncnc(N)n2)cc1. The van der Waals surface area contributed by atoms with E-state index in [1.165, 1.54) is 18.1 Å². The average molecular weight is 319 g/mol. The lowest BCUT2D eigenvalue weighted by atomic mass is 10.3. The zero-order valence-corrected chi connectivity index (χ0v) is 13.1. The first-order valence-electron chi connectivity index (χ1n) is 6.73. The Balaban J connectivity index is 1.93. The fraction of sp³-hybridized carbons (Fsp3) is 0.286. The number of benzene rings is 1. The second-order valence-electron chi connectivity index (χ2n) is 4.33. The van der Waals surface area contributed by atoms with Crippen LogP contribution in [0.3, 0.4) is 0 Å². The van der Waals surface area contributed by atoms with Gasteiger partial charge in [-0.15, -0.1) is 0 Å². The average Bonchev–Trinajstić information content (AvgIpc) is 2.49. The number of nitrogens with zero attached hydrogens (tertiary/aromatic N) is 3. The van der Waals surface area contributed by atoms with Gasteiger partial charge >= 0.3 is 0 Å². The quantitative estimate of drug-likeness (QED) is 0.785. The third kappa shape index (κ3) is 4.59. The zero-order chi connectivity index (χ0) is 15.9. The maximum Gasteiger partial charge on any atom is 0.237 e.